The lowest BCUT2D eigenvalue weighted by molar-refractivity contribution is 1.07. The summed E-state index contributed by atoms with van der Waals surface area (Å²) in [4.78, 5) is 3.04. The average molecular weight is 121 g/mol. The highest BCUT2D eigenvalue weighted by molar-refractivity contribution is 5.76. The molecule has 2 heterocycles. The van der Waals surface area contributed by atoms with Gasteiger partial charge in [0.25, 0.3) is 0 Å². The van der Waals surface area contributed by atoms with Crippen LogP contribution in [0.1, 0.15) is 0 Å². The molecule has 2 aromatic rings. The summed E-state index contributed by atoms with van der Waals surface area (Å²) in [5.74, 6) is 5.52. The van der Waals surface area contributed by atoms with Gasteiger partial charge in [-0.15, -0.1) is 0 Å². The van der Waals surface area contributed by atoms with E-state index in [1.54, 1.807) is 4.68 Å². The minimum Gasteiger partial charge on any atom is -0.360 e. The highest BCUT2D eigenvalue weighted by atomic mass is 15.3. The Hall–Kier alpha value is -1.38. The van der Waals surface area contributed by atoms with Crippen LogP contribution in [0.15, 0.2) is 24.5 Å². The fourth-order valence-corrected chi connectivity index (χ4v) is 0.968. The molecule has 0 aliphatic heterocycles. The second kappa shape index (κ2) is 1.31. The number of nitrogens with one attached hydrogen (secondary N) is 1. The van der Waals surface area contributed by atoms with E-state index < -0.39 is 0 Å². The predicted molar refractivity (Wildman–Crippen MR) is 36.4 cm³/mol. The number of nitrogen functional groups attached to an aromatic ring is 1. The van der Waals surface area contributed by atoms with E-state index in [1.165, 1.54) is 0 Å². The zero-order valence-electron chi connectivity index (χ0n) is 4.83. The molecule has 0 saturated carbocycles. The molecule has 0 radical (unpaired) electrons. The van der Waals surface area contributed by atoms with E-state index in [2.05, 4.69) is 4.98 Å². The fraction of sp³-hybridized carbons (Fsp3) is 0. The summed E-state index contributed by atoms with van der Waals surface area (Å²) in [6.07, 6.45) is 3.69. The van der Waals surface area contributed by atoms with E-state index in [9.17, 15) is 0 Å². The molecular formula is C6H7N3. The van der Waals surface area contributed by atoms with Crippen LogP contribution in [-0.4, -0.2) is 9.66 Å². The molecule has 0 aromatic carbocycles. The van der Waals surface area contributed by atoms with Gasteiger partial charge in [0.05, 0.1) is 11.0 Å². The third-order valence-electron chi connectivity index (χ3n) is 1.44. The zero-order chi connectivity index (χ0) is 6.27. The molecule has 0 aliphatic carbocycles. The third-order valence-corrected chi connectivity index (χ3v) is 1.44. The standard InChI is InChI=1S/C6H7N3/c7-9-4-2-5-6(9)1-3-8-5/h1-4,8H,7H2. The Morgan fingerprint density at radius 1 is 1.44 bits per heavy atom. The average Bonchev–Trinajstić information content (AvgIpc) is 2.35. The Labute approximate surface area is 52.1 Å². The van der Waals surface area contributed by atoms with Gasteiger partial charge in [-0.2, -0.15) is 0 Å². The van der Waals surface area contributed by atoms with Gasteiger partial charge < -0.3 is 10.8 Å². The third kappa shape index (κ3) is 0.455. The lowest BCUT2D eigenvalue weighted by Crippen LogP contribution is -2.03. The van der Waals surface area contributed by atoms with Crippen molar-refractivity contribution in [1.82, 2.24) is 9.66 Å². The van der Waals surface area contributed by atoms with E-state index >= 15 is 0 Å². The summed E-state index contributed by atoms with van der Waals surface area (Å²) in [6.45, 7) is 0. The van der Waals surface area contributed by atoms with Gasteiger partial charge in [0.15, 0.2) is 0 Å². The smallest absolute Gasteiger partial charge is 0.0866 e. The molecule has 0 fully saturated rings. The van der Waals surface area contributed by atoms with Crippen LogP contribution < -0.4 is 5.84 Å². The summed E-state index contributed by atoms with van der Waals surface area (Å²) in [5.41, 5.74) is 2.12. The van der Waals surface area contributed by atoms with Gasteiger partial charge in [0.2, 0.25) is 0 Å². The molecule has 0 aliphatic rings. The molecule has 0 unspecified atom stereocenters. The van der Waals surface area contributed by atoms with Crippen molar-refractivity contribution in [2.75, 3.05) is 5.84 Å². The number of nitrogens with zero attached hydrogens (tertiary/aromatic N) is 1. The highest BCUT2D eigenvalue weighted by Crippen LogP contribution is 2.09. The maximum atomic E-state index is 5.52. The van der Waals surface area contributed by atoms with E-state index in [-0.39, 0.29) is 0 Å². The first-order chi connectivity index (χ1) is 4.38. The largest absolute Gasteiger partial charge is 0.360 e. The second-order valence-electron chi connectivity index (χ2n) is 2.00. The Balaban J connectivity index is 2.99. The van der Waals surface area contributed by atoms with Crippen molar-refractivity contribution in [3.8, 4) is 0 Å². The first-order valence-corrected chi connectivity index (χ1v) is 2.77. The highest BCUT2D eigenvalue weighted by Gasteiger charge is 1.94. The number of aromatic nitrogens is 2. The number of fused-ring (bicyclic) bond motifs is 1. The Kier molecular flexibility index (Phi) is 0.656. The van der Waals surface area contributed by atoms with Crippen molar-refractivity contribution >= 4 is 11.0 Å². The number of hydrogen-bond acceptors (Lipinski definition) is 1. The van der Waals surface area contributed by atoms with Crippen LogP contribution in [0.25, 0.3) is 11.0 Å². The number of rotatable bonds is 0. The van der Waals surface area contributed by atoms with Crippen molar-refractivity contribution in [2.45, 2.75) is 0 Å². The van der Waals surface area contributed by atoms with Crippen LogP contribution in [-0.2, 0) is 0 Å². The van der Waals surface area contributed by atoms with Crippen molar-refractivity contribution in [1.29, 1.82) is 0 Å². The molecule has 3 heteroatoms. The fourth-order valence-electron chi connectivity index (χ4n) is 0.968. The molecule has 9 heavy (non-hydrogen) atoms. The van der Waals surface area contributed by atoms with E-state index in [1.807, 2.05) is 24.5 Å². The lowest BCUT2D eigenvalue weighted by atomic mass is 10.5. The summed E-state index contributed by atoms with van der Waals surface area (Å²) in [6, 6.07) is 3.88. The minimum absolute atomic E-state index is 1.04. The van der Waals surface area contributed by atoms with E-state index in [0.717, 1.165) is 11.0 Å². The molecule has 0 atom stereocenters. The number of H-pyrrole nitrogens is 1. The first-order valence-electron chi connectivity index (χ1n) is 2.77. The van der Waals surface area contributed by atoms with Gasteiger partial charge in [-0.25, -0.2) is 0 Å². The topological polar surface area (TPSA) is 46.7 Å². The number of hydrogen-bond donors (Lipinski definition) is 2. The summed E-state index contributed by atoms with van der Waals surface area (Å²) in [5, 5.41) is 0. The van der Waals surface area contributed by atoms with Crippen molar-refractivity contribution in [2.24, 2.45) is 0 Å². The van der Waals surface area contributed by atoms with Gasteiger partial charge in [-0.3, -0.25) is 4.68 Å². The maximum Gasteiger partial charge on any atom is 0.0866 e. The van der Waals surface area contributed by atoms with Gasteiger partial charge in [0, 0.05) is 12.4 Å². The minimum atomic E-state index is 1.04. The van der Waals surface area contributed by atoms with Gasteiger partial charge in [0.1, 0.15) is 0 Å². The van der Waals surface area contributed by atoms with E-state index in [0.29, 0.717) is 0 Å². The monoisotopic (exact) mass is 121 g/mol. The molecule has 0 amide bonds. The van der Waals surface area contributed by atoms with Crippen LogP contribution in [0, 0.1) is 0 Å². The normalized spacial score (nSPS) is 10.7. The van der Waals surface area contributed by atoms with Crippen LogP contribution >= 0.6 is 0 Å². The second-order valence-corrected chi connectivity index (χ2v) is 2.00. The molecule has 0 saturated heterocycles. The lowest BCUT2D eigenvalue weighted by Gasteiger charge is -1.87. The summed E-state index contributed by atoms with van der Waals surface area (Å²) < 4.78 is 1.59. The number of aromatic amines is 1. The molecule has 46 valence electrons. The Morgan fingerprint density at radius 2 is 2.33 bits per heavy atom. The molecule has 2 rings (SSSR count). The maximum absolute atomic E-state index is 5.52. The van der Waals surface area contributed by atoms with Gasteiger partial charge in [-0.05, 0) is 12.1 Å². The molecular weight excluding hydrogens is 114 g/mol. The molecule has 3 N–H and O–H groups in total. The quantitative estimate of drug-likeness (QED) is 0.495. The predicted octanol–water partition coefficient (Wildman–Crippen LogP) is 0.683. The van der Waals surface area contributed by atoms with Crippen LogP contribution in [0.2, 0.25) is 0 Å². The molecule has 2 aromatic heterocycles. The summed E-state index contributed by atoms with van der Waals surface area (Å²) >= 11 is 0. The Bertz CT molecular complexity index is 317. The SMILES string of the molecule is Nn1ccc2[nH]ccc21. The Morgan fingerprint density at radius 3 is 3.11 bits per heavy atom. The van der Waals surface area contributed by atoms with Gasteiger partial charge in [-0.1, -0.05) is 0 Å². The zero-order valence-corrected chi connectivity index (χ0v) is 4.83. The van der Waals surface area contributed by atoms with Crippen molar-refractivity contribution < 1.29 is 0 Å². The van der Waals surface area contributed by atoms with Crippen LogP contribution in [0.5, 0.6) is 0 Å². The molecule has 3 nitrogen and oxygen atoms in total. The van der Waals surface area contributed by atoms with Crippen molar-refractivity contribution in [3.05, 3.63) is 24.5 Å². The number of nitrogens with two attached hydrogens (primary N) is 1. The van der Waals surface area contributed by atoms with Crippen molar-refractivity contribution in [3.63, 3.8) is 0 Å². The molecule has 0 bridgehead atoms. The molecule has 0 spiro atoms. The van der Waals surface area contributed by atoms with Crippen LogP contribution in [0.4, 0.5) is 0 Å². The van der Waals surface area contributed by atoms with Crippen LogP contribution in [0.3, 0.4) is 0 Å². The first kappa shape index (κ1) is 4.49. The summed E-state index contributed by atoms with van der Waals surface area (Å²) in [7, 11) is 0. The van der Waals surface area contributed by atoms with E-state index in [4.69, 9.17) is 5.84 Å². The van der Waals surface area contributed by atoms with Gasteiger partial charge >= 0.3 is 0 Å².